The second-order valence-electron chi connectivity index (χ2n) is 3.66. The van der Waals surface area contributed by atoms with Gasteiger partial charge in [0.15, 0.2) is 0 Å². The van der Waals surface area contributed by atoms with Crippen molar-refractivity contribution in [1.29, 1.82) is 0 Å². The third-order valence-electron chi connectivity index (χ3n) is 1.97. The molecule has 0 unspecified atom stereocenters. The molecule has 0 atom stereocenters. The molecule has 0 saturated heterocycles. The quantitative estimate of drug-likeness (QED) is 0.324. The van der Waals surface area contributed by atoms with E-state index in [9.17, 15) is 19.8 Å². The van der Waals surface area contributed by atoms with Crippen LogP contribution in [0.3, 0.4) is 0 Å². The predicted molar refractivity (Wildman–Crippen MR) is 58.3 cm³/mol. The van der Waals surface area contributed by atoms with Gasteiger partial charge >= 0.3 is 21.7 Å². The molecule has 0 N–H and O–H groups in total. The fourth-order valence-electron chi connectivity index (χ4n) is 1.04. The number of carboxylic acid groups (broad SMARTS) is 2. The monoisotopic (exact) mass is 348 g/mol. The summed E-state index contributed by atoms with van der Waals surface area (Å²) in [4.78, 5) is 19.5. The van der Waals surface area contributed by atoms with E-state index >= 15 is 0 Å². The van der Waals surface area contributed by atoms with Crippen LogP contribution in [0.5, 0.6) is 0 Å². The molecule has 0 spiro atoms. The summed E-state index contributed by atoms with van der Waals surface area (Å²) < 4.78 is 0. The van der Waals surface area contributed by atoms with E-state index in [0.29, 0.717) is 0 Å². The largest absolute Gasteiger partial charge is 4.00 e. The minimum atomic E-state index is -0.932. The topological polar surface area (TPSA) is 80.3 Å². The van der Waals surface area contributed by atoms with E-state index in [1.54, 1.807) is 0 Å². The van der Waals surface area contributed by atoms with Crippen molar-refractivity contribution < 1.29 is 66.3 Å². The minimum Gasteiger partial charge on any atom is -1.00 e. The van der Waals surface area contributed by atoms with E-state index in [4.69, 9.17) is 0 Å². The van der Waals surface area contributed by atoms with Crippen LogP contribution in [0.2, 0.25) is 0 Å². The van der Waals surface area contributed by atoms with Gasteiger partial charge in [0.25, 0.3) is 0 Å². The molecule has 0 aliphatic rings. The molecule has 0 aliphatic carbocycles. The summed E-state index contributed by atoms with van der Waals surface area (Å²) in [7, 11) is 0. The van der Waals surface area contributed by atoms with Crippen LogP contribution in [0.15, 0.2) is 0 Å². The van der Waals surface area contributed by atoms with Gasteiger partial charge in [-0.2, -0.15) is 0 Å². The summed E-state index contributed by atoms with van der Waals surface area (Å²) >= 11 is 0. The zero-order valence-electron chi connectivity index (χ0n) is 11.5. The number of carbonyl (C=O) groups excluding carboxylic acids is 2. The van der Waals surface area contributed by atoms with Gasteiger partial charge in [0.1, 0.15) is 0 Å². The van der Waals surface area contributed by atoms with E-state index in [1.807, 2.05) is 13.8 Å². The van der Waals surface area contributed by atoms with Gasteiger partial charge in [-0.05, 0) is 25.7 Å². The van der Waals surface area contributed by atoms with Crippen LogP contribution < -0.4 is 35.0 Å². The molecular weight excluding hydrogens is 327 g/mol. The Hall–Kier alpha value is 0.234. The molecule has 112 valence electrons. The van der Waals surface area contributed by atoms with Crippen molar-refractivity contribution in [3.05, 3.63) is 0 Å². The zero-order chi connectivity index (χ0) is 12.8. The third kappa shape index (κ3) is 45.9. The van der Waals surface area contributed by atoms with E-state index in [-0.39, 0.29) is 59.4 Å². The SMILES string of the molecule is CCCCCC(=O)[O-].CCCCCC(=O)[O-].[Cl-].[Cl-].[Ti+4]. The molecule has 0 aliphatic heterocycles. The summed E-state index contributed by atoms with van der Waals surface area (Å²) in [5.41, 5.74) is 0. The maximum absolute atomic E-state index is 9.76. The Morgan fingerprint density at radius 3 is 1.16 bits per heavy atom. The normalized spacial score (nSPS) is 7.68. The molecule has 0 bridgehead atoms. The van der Waals surface area contributed by atoms with Crippen molar-refractivity contribution in [3.63, 3.8) is 0 Å². The Morgan fingerprint density at radius 1 is 0.737 bits per heavy atom. The third-order valence-corrected chi connectivity index (χ3v) is 1.97. The van der Waals surface area contributed by atoms with Crippen LogP contribution in [0.25, 0.3) is 0 Å². The average molecular weight is 349 g/mol. The predicted octanol–water partition coefficient (Wildman–Crippen LogP) is -5.36. The molecule has 0 saturated carbocycles. The number of aliphatic carboxylic acids is 2. The molecule has 0 radical (unpaired) electrons. The first-order valence-electron chi connectivity index (χ1n) is 5.94. The van der Waals surface area contributed by atoms with Gasteiger partial charge in [0.05, 0.1) is 0 Å². The average Bonchev–Trinajstić information content (AvgIpc) is 2.18. The van der Waals surface area contributed by atoms with Crippen LogP contribution in [-0.4, -0.2) is 11.9 Å². The molecule has 0 amide bonds. The summed E-state index contributed by atoms with van der Waals surface area (Å²) in [6, 6.07) is 0. The number of carbonyl (C=O) groups is 2. The number of unbranched alkanes of at least 4 members (excludes halogenated alkanes) is 4. The van der Waals surface area contributed by atoms with Gasteiger partial charge in [-0.1, -0.05) is 39.5 Å². The molecule has 0 heterocycles. The van der Waals surface area contributed by atoms with Crippen molar-refractivity contribution >= 4 is 11.9 Å². The maximum Gasteiger partial charge on any atom is 4.00 e. The number of hydrogen-bond donors (Lipinski definition) is 0. The molecule has 0 aromatic rings. The Labute approximate surface area is 143 Å². The Balaban J connectivity index is -0.0000000594. The van der Waals surface area contributed by atoms with E-state index in [1.165, 1.54) is 0 Å². The fraction of sp³-hybridized carbons (Fsp3) is 0.833. The van der Waals surface area contributed by atoms with Crippen molar-refractivity contribution in [2.75, 3.05) is 0 Å². The minimum absolute atomic E-state index is 0. The molecule has 19 heavy (non-hydrogen) atoms. The molecule has 0 aromatic heterocycles. The second-order valence-corrected chi connectivity index (χ2v) is 3.66. The Bertz CT molecular complexity index is 173. The maximum atomic E-state index is 9.76. The standard InChI is InChI=1S/2C6H12O2.2ClH.Ti/c2*1-2-3-4-5-6(7)8;;;/h2*2-5H2,1H3,(H,7,8);2*1H;/q;;;;+4/p-4. The van der Waals surface area contributed by atoms with Crippen LogP contribution in [-0.2, 0) is 31.3 Å². The van der Waals surface area contributed by atoms with Crippen LogP contribution in [0.1, 0.15) is 65.2 Å². The van der Waals surface area contributed by atoms with Gasteiger partial charge in [-0.15, -0.1) is 0 Å². The molecule has 7 heteroatoms. The van der Waals surface area contributed by atoms with Crippen molar-refractivity contribution in [1.82, 2.24) is 0 Å². The molecule has 0 fully saturated rings. The summed E-state index contributed by atoms with van der Waals surface area (Å²) in [5.74, 6) is -1.86. The molecule has 0 rings (SSSR count). The Kier molecular flexibility index (Phi) is 44.4. The van der Waals surface area contributed by atoms with E-state index < -0.39 is 11.9 Å². The van der Waals surface area contributed by atoms with Crippen LogP contribution >= 0.6 is 0 Å². The van der Waals surface area contributed by atoms with Crippen molar-refractivity contribution in [2.45, 2.75) is 65.2 Å². The van der Waals surface area contributed by atoms with Crippen molar-refractivity contribution in [3.8, 4) is 0 Å². The van der Waals surface area contributed by atoms with Crippen molar-refractivity contribution in [2.24, 2.45) is 0 Å². The first-order valence-corrected chi connectivity index (χ1v) is 5.94. The van der Waals surface area contributed by atoms with Gasteiger partial charge in [-0.25, -0.2) is 0 Å². The van der Waals surface area contributed by atoms with E-state index in [0.717, 1.165) is 38.5 Å². The number of rotatable bonds is 8. The zero-order valence-corrected chi connectivity index (χ0v) is 14.6. The van der Waals surface area contributed by atoms with Gasteiger partial charge in [0, 0.05) is 11.9 Å². The molecule has 0 aromatic carbocycles. The van der Waals surface area contributed by atoms with Gasteiger partial charge in [-0.3, -0.25) is 0 Å². The first-order chi connectivity index (χ1) is 7.54. The number of hydrogen-bond acceptors (Lipinski definition) is 4. The second kappa shape index (κ2) is 26.7. The van der Waals surface area contributed by atoms with Gasteiger partial charge < -0.3 is 44.6 Å². The number of carboxylic acids is 2. The molecular formula is C12H22Cl2O4Ti. The molecule has 4 nitrogen and oxygen atoms in total. The summed E-state index contributed by atoms with van der Waals surface area (Å²) in [6.07, 6.45) is 6.07. The Morgan fingerprint density at radius 2 is 1.00 bits per heavy atom. The number of halogens is 2. The van der Waals surface area contributed by atoms with Gasteiger partial charge in [0.2, 0.25) is 0 Å². The first kappa shape index (κ1) is 31.6. The van der Waals surface area contributed by atoms with E-state index in [2.05, 4.69) is 0 Å². The fourth-order valence-corrected chi connectivity index (χ4v) is 1.04. The summed E-state index contributed by atoms with van der Waals surface area (Å²) in [6.45, 7) is 4.07. The van der Waals surface area contributed by atoms with Crippen LogP contribution in [0, 0.1) is 0 Å². The smallest absolute Gasteiger partial charge is 1.00 e. The van der Waals surface area contributed by atoms with Crippen LogP contribution in [0.4, 0.5) is 0 Å². The summed E-state index contributed by atoms with van der Waals surface area (Å²) in [5, 5.41) is 19.5.